The smallest absolute Gasteiger partial charge is 0.191 e. The highest BCUT2D eigenvalue weighted by Crippen LogP contribution is 2.29. The van der Waals surface area contributed by atoms with Crippen LogP contribution in [0.5, 0.6) is 0 Å². The number of aromatic nitrogens is 1. The lowest BCUT2D eigenvalue weighted by Crippen LogP contribution is -2.39. The van der Waals surface area contributed by atoms with Gasteiger partial charge in [0.05, 0.1) is 0 Å². The maximum Gasteiger partial charge on any atom is 0.191 e. The highest BCUT2D eigenvalue weighted by Gasteiger charge is 2.17. The Morgan fingerprint density at radius 1 is 1.22 bits per heavy atom. The lowest BCUT2D eigenvalue weighted by atomic mass is 9.99. The number of anilines is 1. The SMILES string of the molecule is CN=C(NCc1ccc(N2CCC(C)CC2)nc1)NCC(O)c1cc2ccccc2s1.I. The molecule has 3 N–H and O–H groups in total. The van der Waals surface area contributed by atoms with Crippen molar-refractivity contribution in [2.24, 2.45) is 10.9 Å². The second kappa shape index (κ2) is 11.8. The normalized spacial score (nSPS) is 16.0. The molecule has 0 aliphatic carbocycles. The van der Waals surface area contributed by atoms with Crippen LogP contribution in [0.4, 0.5) is 5.82 Å². The summed E-state index contributed by atoms with van der Waals surface area (Å²) in [5, 5.41) is 18.3. The first-order chi connectivity index (χ1) is 15.1. The summed E-state index contributed by atoms with van der Waals surface area (Å²) >= 11 is 1.63. The van der Waals surface area contributed by atoms with Crippen molar-refractivity contribution in [1.29, 1.82) is 0 Å². The van der Waals surface area contributed by atoms with Crippen LogP contribution in [-0.2, 0) is 6.54 Å². The molecule has 0 bridgehead atoms. The van der Waals surface area contributed by atoms with Gasteiger partial charge in [-0.1, -0.05) is 31.2 Å². The third-order valence-electron chi connectivity index (χ3n) is 5.84. The van der Waals surface area contributed by atoms with Gasteiger partial charge in [-0.05, 0) is 47.9 Å². The molecule has 4 rings (SSSR count). The molecule has 1 saturated heterocycles. The molecule has 1 aliphatic rings. The van der Waals surface area contributed by atoms with Crippen LogP contribution >= 0.6 is 35.3 Å². The third-order valence-corrected chi connectivity index (χ3v) is 7.05. The van der Waals surface area contributed by atoms with Crippen molar-refractivity contribution in [2.75, 3.05) is 31.6 Å². The summed E-state index contributed by atoms with van der Waals surface area (Å²) in [5.74, 6) is 2.54. The number of rotatable bonds is 6. The molecule has 0 amide bonds. The monoisotopic (exact) mass is 565 g/mol. The van der Waals surface area contributed by atoms with Crippen LogP contribution in [0.25, 0.3) is 10.1 Å². The van der Waals surface area contributed by atoms with Crippen LogP contribution in [0.1, 0.15) is 36.3 Å². The van der Waals surface area contributed by atoms with Gasteiger partial charge in [-0.15, -0.1) is 35.3 Å². The van der Waals surface area contributed by atoms with E-state index in [1.807, 2.05) is 18.3 Å². The summed E-state index contributed by atoms with van der Waals surface area (Å²) in [7, 11) is 1.74. The number of aliphatic imine (C=N–C) groups is 1. The maximum absolute atomic E-state index is 10.6. The van der Waals surface area contributed by atoms with E-state index in [0.29, 0.717) is 19.0 Å². The molecule has 1 unspecified atom stereocenters. The van der Waals surface area contributed by atoms with Gasteiger partial charge in [-0.25, -0.2) is 4.98 Å². The Bertz CT molecular complexity index is 982. The summed E-state index contributed by atoms with van der Waals surface area (Å²) in [5.41, 5.74) is 1.10. The van der Waals surface area contributed by atoms with E-state index in [-0.39, 0.29) is 24.0 Å². The first kappa shape index (κ1) is 24.7. The van der Waals surface area contributed by atoms with E-state index >= 15 is 0 Å². The molecule has 1 fully saturated rings. The van der Waals surface area contributed by atoms with Crippen molar-refractivity contribution in [3.63, 3.8) is 0 Å². The van der Waals surface area contributed by atoms with Crippen LogP contribution in [0.3, 0.4) is 0 Å². The van der Waals surface area contributed by atoms with Gasteiger partial charge < -0.3 is 20.6 Å². The van der Waals surface area contributed by atoms with E-state index in [9.17, 15) is 5.11 Å². The Labute approximate surface area is 211 Å². The highest BCUT2D eigenvalue weighted by molar-refractivity contribution is 14.0. The van der Waals surface area contributed by atoms with Crippen molar-refractivity contribution in [3.8, 4) is 0 Å². The fourth-order valence-electron chi connectivity index (χ4n) is 3.81. The van der Waals surface area contributed by atoms with Gasteiger partial charge in [0.2, 0.25) is 0 Å². The van der Waals surface area contributed by atoms with Crippen LogP contribution in [0.15, 0.2) is 53.7 Å². The molecular weight excluding hydrogens is 533 g/mol. The number of piperidine rings is 1. The maximum atomic E-state index is 10.6. The number of halogens is 1. The van der Waals surface area contributed by atoms with Gasteiger partial charge in [-0.3, -0.25) is 4.99 Å². The minimum Gasteiger partial charge on any atom is -0.386 e. The molecule has 3 aromatic rings. The van der Waals surface area contributed by atoms with Crippen LogP contribution < -0.4 is 15.5 Å². The lowest BCUT2D eigenvalue weighted by molar-refractivity contribution is 0.184. The Balaban J connectivity index is 0.00000289. The van der Waals surface area contributed by atoms with Crippen molar-refractivity contribution in [3.05, 3.63) is 59.1 Å². The Kier molecular flexibility index (Phi) is 9.12. The number of guanidine groups is 1. The van der Waals surface area contributed by atoms with Crippen LogP contribution in [-0.4, -0.2) is 42.7 Å². The molecule has 32 heavy (non-hydrogen) atoms. The van der Waals surface area contributed by atoms with Crippen LogP contribution in [0, 0.1) is 5.92 Å². The molecular formula is C24H32IN5OS. The van der Waals surface area contributed by atoms with Crippen LogP contribution in [0.2, 0.25) is 0 Å². The summed E-state index contributed by atoms with van der Waals surface area (Å²) in [6.07, 6.45) is 3.82. The Hall–Kier alpha value is -1.91. The number of benzene rings is 1. The van der Waals surface area contributed by atoms with E-state index < -0.39 is 6.10 Å². The molecule has 172 valence electrons. The van der Waals surface area contributed by atoms with Crippen molar-refractivity contribution in [1.82, 2.24) is 15.6 Å². The Morgan fingerprint density at radius 3 is 2.69 bits per heavy atom. The minimum atomic E-state index is -0.579. The number of nitrogens with one attached hydrogen (secondary N) is 2. The molecule has 1 aromatic carbocycles. The standard InChI is InChI=1S/C24H31N5OS.HI/c1-17-9-11-29(12-10-17)23-8-7-18(14-26-23)15-27-24(25-2)28-16-20(30)22-13-19-5-3-4-6-21(19)31-22;/h3-8,13-14,17,20,30H,9-12,15-16H2,1-2H3,(H2,25,27,28);1H. The first-order valence-corrected chi connectivity index (χ1v) is 11.7. The second-order valence-corrected chi connectivity index (χ2v) is 9.32. The van der Waals surface area contributed by atoms with E-state index in [1.165, 1.54) is 22.9 Å². The van der Waals surface area contributed by atoms with E-state index in [0.717, 1.165) is 35.3 Å². The molecule has 8 heteroatoms. The second-order valence-electron chi connectivity index (χ2n) is 8.20. The van der Waals surface area contributed by atoms with Gasteiger partial charge in [-0.2, -0.15) is 0 Å². The largest absolute Gasteiger partial charge is 0.386 e. The van der Waals surface area contributed by atoms with Gasteiger partial charge in [0.1, 0.15) is 11.9 Å². The zero-order valence-electron chi connectivity index (χ0n) is 18.6. The van der Waals surface area contributed by atoms with Gasteiger partial charge in [0.25, 0.3) is 0 Å². The molecule has 2 aromatic heterocycles. The molecule has 6 nitrogen and oxygen atoms in total. The number of pyridine rings is 1. The molecule has 0 radical (unpaired) electrons. The van der Waals surface area contributed by atoms with Crippen molar-refractivity contribution >= 4 is 57.2 Å². The number of nitrogens with zero attached hydrogens (tertiary/aromatic N) is 3. The minimum absolute atomic E-state index is 0. The fourth-order valence-corrected chi connectivity index (χ4v) is 4.86. The zero-order chi connectivity index (χ0) is 21.6. The van der Waals surface area contributed by atoms with Crippen molar-refractivity contribution in [2.45, 2.75) is 32.4 Å². The summed E-state index contributed by atoms with van der Waals surface area (Å²) in [6.45, 7) is 5.52. The summed E-state index contributed by atoms with van der Waals surface area (Å²) in [4.78, 5) is 12.2. The van der Waals surface area contributed by atoms with E-state index in [4.69, 9.17) is 0 Å². The van der Waals surface area contributed by atoms with E-state index in [1.54, 1.807) is 18.4 Å². The zero-order valence-corrected chi connectivity index (χ0v) is 21.8. The van der Waals surface area contributed by atoms with Crippen molar-refractivity contribution < 1.29 is 5.11 Å². The molecule has 3 heterocycles. The average molecular weight is 566 g/mol. The molecule has 1 atom stereocenters. The highest BCUT2D eigenvalue weighted by atomic mass is 127. The first-order valence-electron chi connectivity index (χ1n) is 10.9. The Morgan fingerprint density at radius 2 is 2.00 bits per heavy atom. The fraction of sp³-hybridized carbons (Fsp3) is 0.417. The number of thiophene rings is 1. The van der Waals surface area contributed by atoms with Gasteiger partial charge >= 0.3 is 0 Å². The predicted octanol–water partition coefficient (Wildman–Crippen LogP) is 4.55. The number of hydrogen-bond acceptors (Lipinski definition) is 5. The third kappa shape index (κ3) is 6.32. The summed E-state index contributed by atoms with van der Waals surface area (Å²) < 4.78 is 1.19. The van der Waals surface area contributed by atoms with Gasteiger partial charge in [0.15, 0.2) is 5.96 Å². The predicted molar refractivity (Wildman–Crippen MR) is 145 cm³/mol. The number of hydrogen-bond donors (Lipinski definition) is 3. The molecule has 0 spiro atoms. The molecule has 0 saturated carbocycles. The number of aliphatic hydroxyl groups excluding tert-OH is 1. The quantitative estimate of drug-likeness (QED) is 0.233. The van der Waals surface area contributed by atoms with Gasteiger partial charge in [0, 0.05) is 49.0 Å². The number of fused-ring (bicyclic) bond motifs is 1. The number of aliphatic hydroxyl groups is 1. The average Bonchev–Trinajstić information content (AvgIpc) is 3.24. The van der Waals surface area contributed by atoms with E-state index in [2.05, 4.69) is 62.8 Å². The summed E-state index contributed by atoms with van der Waals surface area (Å²) in [6, 6.07) is 14.5. The lowest BCUT2D eigenvalue weighted by Gasteiger charge is -2.31. The topological polar surface area (TPSA) is 72.8 Å². The molecule has 1 aliphatic heterocycles.